The molecule has 2 amide bonds. The number of carbonyl (C=O) groups is 3. The maximum Gasteiger partial charge on any atom is 0.326 e. The molecule has 1 rings (SSSR count). The molecule has 0 aliphatic heterocycles. The zero-order chi connectivity index (χ0) is 20.4. The van der Waals surface area contributed by atoms with E-state index in [9.17, 15) is 19.5 Å². The average Bonchev–Trinajstić information content (AvgIpc) is 2.62. The van der Waals surface area contributed by atoms with Gasteiger partial charge in [0.15, 0.2) is 0 Å². The van der Waals surface area contributed by atoms with E-state index < -0.39 is 35.9 Å². The molecule has 0 aliphatic rings. The molecule has 0 fully saturated rings. The molecule has 3 atom stereocenters. The van der Waals surface area contributed by atoms with E-state index in [0.717, 1.165) is 5.56 Å². The Bertz CT molecular complexity index is 625. The van der Waals surface area contributed by atoms with Gasteiger partial charge >= 0.3 is 5.97 Å². The number of amides is 2. The number of aliphatic carboxylic acids is 1. The van der Waals surface area contributed by atoms with Crippen LogP contribution in [0.3, 0.4) is 0 Å². The first-order valence-electron chi connectivity index (χ1n) is 8.88. The molecule has 0 unspecified atom stereocenters. The van der Waals surface area contributed by atoms with E-state index in [4.69, 9.17) is 5.73 Å². The summed E-state index contributed by atoms with van der Waals surface area (Å²) in [5.74, 6) is -1.68. The van der Waals surface area contributed by atoms with E-state index >= 15 is 0 Å². The van der Waals surface area contributed by atoms with Crippen molar-refractivity contribution in [2.75, 3.05) is 12.0 Å². The number of benzene rings is 1. The smallest absolute Gasteiger partial charge is 0.326 e. The van der Waals surface area contributed by atoms with Gasteiger partial charge in [0.1, 0.15) is 12.1 Å². The first kappa shape index (κ1) is 23.0. The van der Waals surface area contributed by atoms with Gasteiger partial charge in [-0.2, -0.15) is 11.8 Å². The molecule has 8 heteroatoms. The fourth-order valence-corrected chi connectivity index (χ4v) is 2.98. The fourth-order valence-electron chi connectivity index (χ4n) is 2.51. The number of carboxylic acid groups (broad SMARTS) is 1. The van der Waals surface area contributed by atoms with Crippen LogP contribution in [0.25, 0.3) is 0 Å². The summed E-state index contributed by atoms with van der Waals surface area (Å²) in [7, 11) is 0. The van der Waals surface area contributed by atoms with Crippen LogP contribution in [0.1, 0.15) is 25.8 Å². The Hall–Kier alpha value is -2.06. The molecule has 0 bridgehead atoms. The third kappa shape index (κ3) is 8.01. The number of thioether (sulfide) groups is 1. The molecule has 1 aromatic carbocycles. The molecular formula is C19H29N3O4S. The van der Waals surface area contributed by atoms with Gasteiger partial charge in [-0.15, -0.1) is 0 Å². The van der Waals surface area contributed by atoms with Crippen molar-refractivity contribution in [3.63, 3.8) is 0 Å². The van der Waals surface area contributed by atoms with Crippen molar-refractivity contribution in [1.82, 2.24) is 10.6 Å². The molecule has 0 spiro atoms. The molecule has 0 heterocycles. The minimum atomic E-state index is -1.10. The van der Waals surface area contributed by atoms with Gasteiger partial charge in [-0.3, -0.25) is 9.59 Å². The van der Waals surface area contributed by atoms with E-state index in [1.54, 1.807) is 13.8 Å². The normalized spacial score (nSPS) is 14.3. The molecule has 0 saturated heterocycles. The zero-order valence-electron chi connectivity index (χ0n) is 16.0. The summed E-state index contributed by atoms with van der Waals surface area (Å²) in [6.07, 6.45) is 2.64. The van der Waals surface area contributed by atoms with Gasteiger partial charge in [0.05, 0.1) is 6.04 Å². The number of nitrogens with two attached hydrogens (primary N) is 1. The zero-order valence-corrected chi connectivity index (χ0v) is 16.8. The standard InChI is InChI=1S/C19H29N3O4S/c1-12(2)16(19(25)26)22-18(24)15(9-10-27-3)21-17(23)14(20)11-13-7-5-4-6-8-13/h4-8,12,14-16H,9-11,20H2,1-3H3,(H,21,23)(H,22,24)(H,25,26)/t14-,15-,16-/m0/s1. The minimum Gasteiger partial charge on any atom is -0.480 e. The van der Waals surface area contributed by atoms with Gasteiger partial charge < -0.3 is 21.5 Å². The molecule has 1 aromatic rings. The van der Waals surface area contributed by atoms with Gasteiger partial charge in [-0.05, 0) is 36.3 Å². The maximum absolute atomic E-state index is 12.5. The van der Waals surface area contributed by atoms with Crippen LogP contribution in [0.15, 0.2) is 30.3 Å². The lowest BCUT2D eigenvalue weighted by Gasteiger charge is -2.24. The first-order chi connectivity index (χ1) is 12.8. The summed E-state index contributed by atoms with van der Waals surface area (Å²) in [5, 5.41) is 14.4. The van der Waals surface area contributed by atoms with Gasteiger partial charge in [0.2, 0.25) is 11.8 Å². The second-order valence-electron chi connectivity index (χ2n) is 6.71. The number of nitrogens with one attached hydrogen (secondary N) is 2. The summed E-state index contributed by atoms with van der Waals surface area (Å²) in [6.45, 7) is 3.43. The van der Waals surface area contributed by atoms with Crippen molar-refractivity contribution < 1.29 is 19.5 Å². The fraction of sp³-hybridized carbons (Fsp3) is 0.526. The van der Waals surface area contributed by atoms with Crippen molar-refractivity contribution in [3.8, 4) is 0 Å². The minimum absolute atomic E-state index is 0.274. The molecular weight excluding hydrogens is 366 g/mol. The number of hydrogen-bond donors (Lipinski definition) is 4. The Kier molecular flexibility index (Phi) is 9.88. The van der Waals surface area contributed by atoms with Crippen LogP contribution < -0.4 is 16.4 Å². The Morgan fingerprint density at radius 2 is 1.74 bits per heavy atom. The third-order valence-electron chi connectivity index (χ3n) is 4.11. The lowest BCUT2D eigenvalue weighted by Crippen LogP contribution is -2.55. The topological polar surface area (TPSA) is 122 Å². The highest BCUT2D eigenvalue weighted by atomic mass is 32.2. The first-order valence-corrected chi connectivity index (χ1v) is 10.3. The summed E-state index contributed by atoms with van der Waals surface area (Å²) >= 11 is 1.54. The Balaban J connectivity index is 2.75. The second kappa shape index (κ2) is 11.6. The van der Waals surface area contributed by atoms with Crippen LogP contribution in [0.2, 0.25) is 0 Å². The molecule has 7 nitrogen and oxygen atoms in total. The molecule has 150 valence electrons. The number of carboxylic acids is 1. The van der Waals surface area contributed by atoms with E-state index in [2.05, 4.69) is 10.6 Å². The van der Waals surface area contributed by atoms with E-state index in [1.807, 2.05) is 36.6 Å². The van der Waals surface area contributed by atoms with E-state index in [0.29, 0.717) is 18.6 Å². The van der Waals surface area contributed by atoms with Crippen molar-refractivity contribution in [3.05, 3.63) is 35.9 Å². The summed E-state index contributed by atoms with van der Waals surface area (Å²) in [5.41, 5.74) is 6.91. The molecule has 27 heavy (non-hydrogen) atoms. The van der Waals surface area contributed by atoms with Crippen LogP contribution in [0.4, 0.5) is 0 Å². The molecule has 0 radical (unpaired) electrons. The lowest BCUT2D eigenvalue weighted by atomic mass is 10.0. The van der Waals surface area contributed by atoms with Gasteiger partial charge in [0, 0.05) is 0 Å². The van der Waals surface area contributed by atoms with Crippen LogP contribution in [-0.2, 0) is 20.8 Å². The van der Waals surface area contributed by atoms with Crippen LogP contribution in [-0.4, -0.2) is 53.0 Å². The highest BCUT2D eigenvalue weighted by molar-refractivity contribution is 7.98. The molecule has 0 saturated carbocycles. The molecule has 0 aromatic heterocycles. The Morgan fingerprint density at radius 3 is 2.26 bits per heavy atom. The molecule has 0 aliphatic carbocycles. The van der Waals surface area contributed by atoms with Crippen LogP contribution in [0.5, 0.6) is 0 Å². The van der Waals surface area contributed by atoms with Crippen molar-refractivity contribution >= 4 is 29.5 Å². The largest absolute Gasteiger partial charge is 0.480 e. The van der Waals surface area contributed by atoms with Crippen molar-refractivity contribution in [2.24, 2.45) is 11.7 Å². The summed E-state index contributed by atoms with van der Waals surface area (Å²) in [4.78, 5) is 36.3. The predicted octanol–water partition coefficient (Wildman–Crippen LogP) is 1.02. The SMILES string of the molecule is CSCC[C@H](NC(=O)[C@@H](N)Cc1ccccc1)C(=O)N[C@H](C(=O)O)C(C)C. The van der Waals surface area contributed by atoms with E-state index in [-0.39, 0.29) is 5.92 Å². The van der Waals surface area contributed by atoms with Gasteiger partial charge in [-0.1, -0.05) is 44.2 Å². The second-order valence-corrected chi connectivity index (χ2v) is 7.69. The van der Waals surface area contributed by atoms with E-state index in [1.165, 1.54) is 11.8 Å². The lowest BCUT2D eigenvalue weighted by molar-refractivity contribution is -0.143. The third-order valence-corrected chi connectivity index (χ3v) is 4.75. The summed E-state index contributed by atoms with van der Waals surface area (Å²) < 4.78 is 0. The molecule has 5 N–H and O–H groups in total. The highest BCUT2D eigenvalue weighted by Gasteiger charge is 2.29. The Morgan fingerprint density at radius 1 is 1.11 bits per heavy atom. The van der Waals surface area contributed by atoms with Crippen molar-refractivity contribution in [1.29, 1.82) is 0 Å². The van der Waals surface area contributed by atoms with Crippen molar-refractivity contribution in [2.45, 2.75) is 44.8 Å². The maximum atomic E-state index is 12.5. The quantitative estimate of drug-likeness (QED) is 0.444. The average molecular weight is 396 g/mol. The monoisotopic (exact) mass is 395 g/mol. The number of rotatable bonds is 11. The summed E-state index contributed by atoms with van der Waals surface area (Å²) in [6, 6.07) is 6.75. The predicted molar refractivity (Wildman–Crippen MR) is 107 cm³/mol. The van der Waals surface area contributed by atoms with Gasteiger partial charge in [0.25, 0.3) is 0 Å². The number of hydrogen-bond acceptors (Lipinski definition) is 5. The Labute approximate surface area is 164 Å². The van der Waals surface area contributed by atoms with Gasteiger partial charge in [-0.25, -0.2) is 4.79 Å². The number of carbonyl (C=O) groups excluding carboxylic acids is 2. The highest BCUT2D eigenvalue weighted by Crippen LogP contribution is 2.07. The van der Waals surface area contributed by atoms with Crippen LogP contribution >= 0.6 is 11.8 Å². The van der Waals surface area contributed by atoms with Crippen LogP contribution in [0, 0.1) is 5.92 Å².